The molecule has 0 aromatic carbocycles. The second-order valence-corrected chi connectivity index (χ2v) is 26.2. The summed E-state index contributed by atoms with van der Waals surface area (Å²) in [6.45, 7) is 29.7. The van der Waals surface area contributed by atoms with Crippen LogP contribution in [-0.4, -0.2) is 107 Å². The Kier molecular flexibility index (Phi) is 29.7. The van der Waals surface area contributed by atoms with Crippen molar-refractivity contribution in [3.8, 4) is 0 Å². The van der Waals surface area contributed by atoms with Crippen LogP contribution in [0.4, 0.5) is 0 Å². The van der Waals surface area contributed by atoms with Gasteiger partial charge in [-0.2, -0.15) is 50.5 Å². The van der Waals surface area contributed by atoms with Gasteiger partial charge in [0.1, 0.15) is 0 Å². The van der Waals surface area contributed by atoms with E-state index in [0.29, 0.717) is 59.5 Å². The highest BCUT2D eigenvalue weighted by Gasteiger charge is 2.62. The molecule has 0 amide bonds. The van der Waals surface area contributed by atoms with E-state index in [2.05, 4.69) is 62.3 Å². The van der Waals surface area contributed by atoms with Crippen LogP contribution in [0.2, 0.25) is 16.6 Å². The first-order chi connectivity index (χ1) is 26.8. The molecular weight excluding hydrogens is 837 g/mol. The van der Waals surface area contributed by atoms with Gasteiger partial charge in [-0.1, -0.05) is 33.6 Å². The summed E-state index contributed by atoms with van der Waals surface area (Å²) in [5.74, 6) is 0.446. The Hall–Kier alpha value is 1.69. The summed E-state index contributed by atoms with van der Waals surface area (Å²) in [5.41, 5.74) is -0.0720. The standard InChI is InChI=1S/C40H86O9S4Si3/c1-13-24-35(50)37(52)29-39(55(44-18-6,45-19-7)46-20-8)33-27-26-32(31(12)54(41-15-3,42-16-4)43-17-5)28-34(33)40(30-38(53)36(51)25-14-2)56(47-21-9,48-22-10)49-23-11/h31-40,50-53H,13-30H2,1-12H3. The zero-order valence-electron chi connectivity index (χ0n) is 37.5. The van der Waals surface area contributed by atoms with Crippen molar-refractivity contribution >= 4 is 76.9 Å². The van der Waals surface area contributed by atoms with Crippen LogP contribution in [0.15, 0.2) is 0 Å². The summed E-state index contributed by atoms with van der Waals surface area (Å²) in [7, 11) is -9.79. The lowest BCUT2D eigenvalue weighted by Crippen LogP contribution is -2.59. The zero-order chi connectivity index (χ0) is 42.4. The van der Waals surface area contributed by atoms with Crippen molar-refractivity contribution in [1.82, 2.24) is 0 Å². The first kappa shape index (κ1) is 55.7. The maximum absolute atomic E-state index is 6.91. The van der Waals surface area contributed by atoms with Crippen molar-refractivity contribution in [2.75, 3.05) is 59.5 Å². The molecule has 0 N–H and O–H groups in total. The van der Waals surface area contributed by atoms with Gasteiger partial charge in [0.2, 0.25) is 0 Å². The summed E-state index contributed by atoms with van der Waals surface area (Å²) in [4.78, 5) is 0. The molecule has 9 nitrogen and oxygen atoms in total. The smallest absolute Gasteiger partial charge is 0.374 e. The monoisotopic (exact) mass is 922 g/mol. The van der Waals surface area contributed by atoms with E-state index in [1.165, 1.54) is 0 Å². The first-order valence-electron chi connectivity index (χ1n) is 22.3. The maximum atomic E-state index is 6.91. The molecule has 0 aromatic heterocycles. The topological polar surface area (TPSA) is 83.1 Å². The Balaban J connectivity index is 4.37. The number of thiol groups is 4. The van der Waals surface area contributed by atoms with E-state index in [4.69, 9.17) is 90.3 Å². The molecule has 0 radical (unpaired) electrons. The number of rotatable bonds is 34. The lowest BCUT2D eigenvalue weighted by Gasteiger charge is -2.52. The van der Waals surface area contributed by atoms with E-state index in [-0.39, 0.29) is 55.4 Å². The van der Waals surface area contributed by atoms with Gasteiger partial charge < -0.3 is 39.8 Å². The molecule has 0 aliphatic heterocycles. The Morgan fingerprint density at radius 2 is 0.732 bits per heavy atom. The van der Waals surface area contributed by atoms with Crippen molar-refractivity contribution in [3.63, 3.8) is 0 Å². The van der Waals surface area contributed by atoms with Crippen molar-refractivity contribution in [2.24, 2.45) is 17.8 Å². The van der Waals surface area contributed by atoms with Crippen LogP contribution in [-0.2, 0) is 39.8 Å². The van der Waals surface area contributed by atoms with Crippen molar-refractivity contribution in [2.45, 2.75) is 178 Å². The van der Waals surface area contributed by atoms with Gasteiger partial charge in [-0.05, 0) is 125 Å². The minimum Gasteiger partial charge on any atom is -0.374 e. The molecule has 1 aliphatic carbocycles. The summed E-state index contributed by atoms with van der Waals surface area (Å²) in [5, 5.41) is 0.230. The largest absolute Gasteiger partial charge is 0.504 e. The minimum absolute atomic E-state index is 0.00570. The second kappa shape index (κ2) is 29.9. The van der Waals surface area contributed by atoms with Crippen LogP contribution in [0.5, 0.6) is 0 Å². The predicted octanol–water partition coefficient (Wildman–Crippen LogP) is 10.9. The normalized spacial score (nSPS) is 22.4. The summed E-state index contributed by atoms with van der Waals surface area (Å²) >= 11 is 20.9. The average Bonchev–Trinajstić information content (AvgIpc) is 3.16. The summed E-state index contributed by atoms with van der Waals surface area (Å²) in [6.07, 6.45) is 8.29. The van der Waals surface area contributed by atoms with Gasteiger partial charge in [0.05, 0.1) is 0 Å². The van der Waals surface area contributed by atoms with E-state index in [9.17, 15) is 0 Å². The third-order valence-electron chi connectivity index (χ3n) is 11.4. The molecule has 1 rings (SSSR count). The highest BCUT2D eigenvalue weighted by Crippen LogP contribution is 2.58. The molecule has 0 bridgehead atoms. The van der Waals surface area contributed by atoms with E-state index in [1.54, 1.807) is 0 Å². The van der Waals surface area contributed by atoms with Gasteiger partial charge in [-0.3, -0.25) is 0 Å². The fourth-order valence-corrected chi connectivity index (χ4v) is 21.3. The molecule has 1 aliphatic rings. The maximum Gasteiger partial charge on any atom is 0.504 e. The molecular formula is C40H86O9S4Si3. The highest BCUT2D eigenvalue weighted by atomic mass is 32.1. The van der Waals surface area contributed by atoms with E-state index < -0.39 is 26.4 Å². The van der Waals surface area contributed by atoms with E-state index in [0.717, 1.165) is 57.8 Å². The van der Waals surface area contributed by atoms with E-state index in [1.807, 2.05) is 20.8 Å². The third-order valence-corrected chi connectivity index (χ3v) is 25.2. The molecule has 0 saturated heterocycles. The number of hydrogen-bond donors (Lipinski definition) is 4. The third kappa shape index (κ3) is 15.8. The average molecular weight is 924 g/mol. The quantitative estimate of drug-likeness (QED) is 0.0373. The fourth-order valence-electron chi connectivity index (χ4n) is 9.16. The molecule has 1 saturated carbocycles. The Bertz CT molecular complexity index is 948. The van der Waals surface area contributed by atoms with Crippen LogP contribution >= 0.6 is 50.5 Å². The predicted molar refractivity (Wildman–Crippen MR) is 253 cm³/mol. The minimum atomic E-state index is -3.38. The van der Waals surface area contributed by atoms with Gasteiger partial charge in [0.25, 0.3) is 0 Å². The fraction of sp³-hybridized carbons (Fsp3) is 1.00. The SMILES string of the molecule is CCCC(S)C(S)CC(C1CCC(C(C)[Si](OCC)(OCC)OCC)CC1C(CC(S)C(S)CCC)[Si](OCC)(OCC)OCC)[Si](OCC)(OCC)OCC. The summed E-state index contributed by atoms with van der Waals surface area (Å²) < 4.78 is 61.1. The van der Waals surface area contributed by atoms with Crippen molar-refractivity contribution in [3.05, 3.63) is 0 Å². The molecule has 10 unspecified atom stereocenters. The van der Waals surface area contributed by atoms with Crippen LogP contribution in [0.25, 0.3) is 0 Å². The highest BCUT2D eigenvalue weighted by molar-refractivity contribution is 7.85. The molecule has 56 heavy (non-hydrogen) atoms. The van der Waals surface area contributed by atoms with Gasteiger partial charge in [0, 0.05) is 97.1 Å². The Morgan fingerprint density at radius 1 is 0.429 bits per heavy atom. The Morgan fingerprint density at radius 3 is 1.04 bits per heavy atom. The lowest BCUT2D eigenvalue weighted by atomic mass is 9.68. The molecule has 0 heterocycles. The first-order valence-corrected chi connectivity index (χ1v) is 29.7. The van der Waals surface area contributed by atoms with Crippen LogP contribution in [0.1, 0.15) is 141 Å². The molecule has 10 atom stereocenters. The van der Waals surface area contributed by atoms with Gasteiger partial charge >= 0.3 is 26.4 Å². The second-order valence-electron chi connectivity index (χ2n) is 14.9. The van der Waals surface area contributed by atoms with Crippen molar-refractivity contribution in [1.29, 1.82) is 0 Å². The number of hydrogen-bond acceptors (Lipinski definition) is 13. The molecule has 16 heteroatoms. The van der Waals surface area contributed by atoms with Gasteiger partial charge in [-0.15, -0.1) is 0 Å². The molecule has 0 spiro atoms. The molecule has 1 fully saturated rings. The van der Waals surface area contributed by atoms with E-state index >= 15 is 0 Å². The van der Waals surface area contributed by atoms with Gasteiger partial charge in [0.15, 0.2) is 0 Å². The van der Waals surface area contributed by atoms with Crippen LogP contribution in [0.3, 0.4) is 0 Å². The lowest BCUT2D eigenvalue weighted by molar-refractivity contribution is 0.0104. The van der Waals surface area contributed by atoms with Crippen LogP contribution < -0.4 is 0 Å². The molecule has 336 valence electrons. The Labute approximate surface area is 370 Å². The van der Waals surface area contributed by atoms with Crippen LogP contribution in [0, 0.1) is 17.8 Å². The van der Waals surface area contributed by atoms with Gasteiger partial charge in [-0.25, -0.2) is 0 Å². The summed E-state index contributed by atoms with van der Waals surface area (Å²) in [6, 6.07) is 0. The zero-order valence-corrected chi connectivity index (χ0v) is 44.0. The van der Waals surface area contributed by atoms with Crippen molar-refractivity contribution < 1.29 is 39.8 Å². The molecule has 0 aromatic rings.